The van der Waals surface area contributed by atoms with Crippen molar-refractivity contribution in [2.24, 2.45) is 0 Å². The lowest BCUT2D eigenvalue weighted by molar-refractivity contribution is 0.289. The zero-order chi connectivity index (χ0) is 11.4. The zero-order valence-electron chi connectivity index (χ0n) is 9.68. The smallest absolute Gasteiger partial charge is 0.122 e. The fourth-order valence-electron chi connectivity index (χ4n) is 1.54. The minimum Gasteiger partial charge on any atom is -0.491 e. The van der Waals surface area contributed by atoms with Crippen molar-refractivity contribution in [2.75, 3.05) is 6.61 Å². The normalized spacial score (nSPS) is 10.4. The van der Waals surface area contributed by atoms with Gasteiger partial charge in [-0.15, -0.1) is 0 Å². The maximum absolute atomic E-state index is 5.73. The molecule has 0 fully saturated rings. The van der Waals surface area contributed by atoms with Crippen molar-refractivity contribution in [3.63, 3.8) is 0 Å². The van der Waals surface area contributed by atoms with Crippen molar-refractivity contribution in [3.8, 4) is 5.75 Å². The summed E-state index contributed by atoms with van der Waals surface area (Å²) < 4.78 is 7.60. The summed E-state index contributed by atoms with van der Waals surface area (Å²) in [7, 11) is 0. The van der Waals surface area contributed by atoms with E-state index in [0.29, 0.717) is 6.61 Å². The summed E-state index contributed by atoms with van der Waals surface area (Å²) in [6.07, 6.45) is 3.71. The Balaban J connectivity index is 1.92. The number of rotatable bonds is 4. The van der Waals surface area contributed by atoms with Gasteiger partial charge in [0, 0.05) is 12.4 Å². The van der Waals surface area contributed by atoms with Crippen molar-refractivity contribution < 1.29 is 4.74 Å². The van der Waals surface area contributed by atoms with Crippen LogP contribution in [-0.2, 0) is 6.54 Å². The van der Waals surface area contributed by atoms with E-state index < -0.39 is 0 Å². The number of aromatic nitrogens is 2. The fraction of sp³-hybridized carbons (Fsp3) is 0.308. The first kappa shape index (κ1) is 10.7. The van der Waals surface area contributed by atoms with Crippen LogP contribution in [-0.4, -0.2) is 16.4 Å². The molecule has 0 spiro atoms. The van der Waals surface area contributed by atoms with Crippen LogP contribution in [0, 0.1) is 13.8 Å². The Morgan fingerprint density at radius 2 is 2.19 bits per heavy atom. The van der Waals surface area contributed by atoms with Crippen molar-refractivity contribution in [3.05, 3.63) is 47.8 Å². The molecular weight excluding hydrogens is 200 g/mol. The van der Waals surface area contributed by atoms with Gasteiger partial charge in [0.15, 0.2) is 0 Å². The molecule has 0 aliphatic heterocycles. The number of hydrogen-bond donors (Lipinski definition) is 0. The molecule has 3 heteroatoms. The summed E-state index contributed by atoms with van der Waals surface area (Å²) in [5, 5.41) is 4.12. The maximum atomic E-state index is 5.73. The first-order valence-electron chi connectivity index (χ1n) is 5.43. The Labute approximate surface area is 95.7 Å². The Morgan fingerprint density at radius 1 is 1.31 bits per heavy atom. The van der Waals surface area contributed by atoms with Gasteiger partial charge in [0.1, 0.15) is 12.4 Å². The lowest BCUT2D eigenvalue weighted by Gasteiger charge is -2.09. The van der Waals surface area contributed by atoms with Gasteiger partial charge in [-0.05, 0) is 37.1 Å². The van der Waals surface area contributed by atoms with Gasteiger partial charge in [0.05, 0.1) is 6.54 Å². The van der Waals surface area contributed by atoms with E-state index in [1.54, 1.807) is 6.20 Å². The standard InChI is InChI=1S/C13H16N2O/c1-11-4-5-12(2)13(10-11)16-9-8-15-7-3-6-14-15/h3-7,10H,8-9H2,1-2H3. The van der Waals surface area contributed by atoms with Crippen LogP contribution in [0.4, 0.5) is 0 Å². The second-order valence-electron chi connectivity index (χ2n) is 3.89. The second kappa shape index (κ2) is 4.84. The highest BCUT2D eigenvalue weighted by Crippen LogP contribution is 2.18. The van der Waals surface area contributed by atoms with Crippen LogP contribution in [0.25, 0.3) is 0 Å². The summed E-state index contributed by atoms with van der Waals surface area (Å²) in [4.78, 5) is 0. The van der Waals surface area contributed by atoms with Crippen molar-refractivity contribution in [1.82, 2.24) is 9.78 Å². The molecule has 84 valence electrons. The third-order valence-electron chi connectivity index (χ3n) is 2.48. The predicted molar refractivity (Wildman–Crippen MR) is 63.6 cm³/mol. The van der Waals surface area contributed by atoms with E-state index in [-0.39, 0.29) is 0 Å². The number of benzene rings is 1. The molecule has 0 amide bonds. The van der Waals surface area contributed by atoms with E-state index >= 15 is 0 Å². The molecule has 0 saturated carbocycles. The van der Waals surface area contributed by atoms with Crippen LogP contribution < -0.4 is 4.74 Å². The Kier molecular flexibility index (Phi) is 3.25. The molecule has 0 saturated heterocycles. The van der Waals surface area contributed by atoms with Gasteiger partial charge in [-0.25, -0.2) is 0 Å². The molecule has 0 aliphatic rings. The quantitative estimate of drug-likeness (QED) is 0.785. The van der Waals surface area contributed by atoms with Crippen LogP contribution in [0.1, 0.15) is 11.1 Å². The molecule has 0 N–H and O–H groups in total. The number of ether oxygens (including phenoxy) is 1. The predicted octanol–water partition coefficient (Wildman–Crippen LogP) is 2.58. The van der Waals surface area contributed by atoms with Gasteiger partial charge >= 0.3 is 0 Å². The van der Waals surface area contributed by atoms with Gasteiger partial charge in [-0.3, -0.25) is 4.68 Å². The Morgan fingerprint density at radius 3 is 2.94 bits per heavy atom. The third-order valence-corrected chi connectivity index (χ3v) is 2.48. The first-order valence-corrected chi connectivity index (χ1v) is 5.43. The molecule has 2 aromatic rings. The van der Waals surface area contributed by atoms with E-state index in [1.807, 2.05) is 16.9 Å². The van der Waals surface area contributed by atoms with E-state index in [4.69, 9.17) is 4.74 Å². The third kappa shape index (κ3) is 2.63. The van der Waals surface area contributed by atoms with Gasteiger partial charge < -0.3 is 4.74 Å². The van der Waals surface area contributed by atoms with E-state index in [2.05, 4.69) is 37.1 Å². The highest BCUT2D eigenvalue weighted by molar-refractivity contribution is 5.35. The van der Waals surface area contributed by atoms with E-state index in [9.17, 15) is 0 Å². The van der Waals surface area contributed by atoms with Crippen LogP contribution in [0.3, 0.4) is 0 Å². The van der Waals surface area contributed by atoms with Crippen LogP contribution in [0.15, 0.2) is 36.7 Å². The topological polar surface area (TPSA) is 27.1 Å². The first-order chi connectivity index (χ1) is 7.75. The van der Waals surface area contributed by atoms with Crippen molar-refractivity contribution >= 4 is 0 Å². The molecule has 1 aromatic heterocycles. The minimum atomic E-state index is 0.645. The van der Waals surface area contributed by atoms with Gasteiger partial charge in [0.25, 0.3) is 0 Å². The Bertz CT molecular complexity index is 449. The van der Waals surface area contributed by atoms with Crippen molar-refractivity contribution in [1.29, 1.82) is 0 Å². The maximum Gasteiger partial charge on any atom is 0.122 e. The number of hydrogen-bond acceptors (Lipinski definition) is 2. The molecule has 0 aliphatic carbocycles. The van der Waals surface area contributed by atoms with E-state index in [1.165, 1.54) is 11.1 Å². The van der Waals surface area contributed by atoms with Gasteiger partial charge in [-0.1, -0.05) is 12.1 Å². The summed E-state index contributed by atoms with van der Waals surface area (Å²) in [5.41, 5.74) is 2.39. The van der Waals surface area contributed by atoms with Gasteiger partial charge in [-0.2, -0.15) is 5.10 Å². The molecule has 0 atom stereocenters. The Hall–Kier alpha value is -1.77. The highest BCUT2D eigenvalue weighted by Gasteiger charge is 1.99. The molecule has 2 rings (SSSR count). The SMILES string of the molecule is Cc1ccc(C)c(OCCn2cccn2)c1. The molecule has 1 aromatic carbocycles. The average molecular weight is 216 g/mol. The molecule has 0 unspecified atom stereocenters. The lowest BCUT2D eigenvalue weighted by atomic mass is 10.1. The monoisotopic (exact) mass is 216 g/mol. The average Bonchev–Trinajstić information content (AvgIpc) is 2.76. The largest absolute Gasteiger partial charge is 0.491 e. The molecule has 0 bridgehead atoms. The second-order valence-corrected chi connectivity index (χ2v) is 3.89. The van der Waals surface area contributed by atoms with E-state index in [0.717, 1.165) is 12.3 Å². The number of nitrogens with zero attached hydrogens (tertiary/aromatic N) is 2. The van der Waals surface area contributed by atoms with Gasteiger partial charge in [0.2, 0.25) is 0 Å². The van der Waals surface area contributed by atoms with Crippen LogP contribution >= 0.6 is 0 Å². The minimum absolute atomic E-state index is 0.645. The van der Waals surface area contributed by atoms with Crippen LogP contribution in [0.5, 0.6) is 5.75 Å². The molecule has 1 heterocycles. The molecule has 0 radical (unpaired) electrons. The number of aryl methyl sites for hydroxylation is 2. The zero-order valence-corrected chi connectivity index (χ0v) is 9.68. The summed E-state index contributed by atoms with van der Waals surface area (Å²) in [6.45, 7) is 5.55. The summed E-state index contributed by atoms with van der Waals surface area (Å²) >= 11 is 0. The van der Waals surface area contributed by atoms with Crippen molar-refractivity contribution in [2.45, 2.75) is 20.4 Å². The highest BCUT2D eigenvalue weighted by atomic mass is 16.5. The molecule has 3 nitrogen and oxygen atoms in total. The molecule has 16 heavy (non-hydrogen) atoms. The summed E-state index contributed by atoms with van der Waals surface area (Å²) in [5.74, 6) is 0.965. The molecular formula is C13H16N2O. The summed E-state index contributed by atoms with van der Waals surface area (Å²) in [6, 6.07) is 8.16. The van der Waals surface area contributed by atoms with Crippen LogP contribution in [0.2, 0.25) is 0 Å². The lowest BCUT2D eigenvalue weighted by Crippen LogP contribution is -2.09. The fourth-order valence-corrected chi connectivity index (χ4v) is 1.54.